The molecule has 1 heterocycles. The van der Waals surface area contributed by atoms with Crippen LogP contribution in [-0.4, -0.2) is 16.8 Å². The van der Waals surface area contributed by atoms with Gasteiger partial charge in [-0.15, -0.1) is 4.48 Å². The van der Waals surface area contributed by atoms with Crippen LogP contribution in [0.25, 0.3) is 0 Å². The predicted molar refractivity (Wildman–Crippen MR) is 59.3 cm³/mol. The van der Waals surface area contributed by atoms with E-state index in [2.05, 4.69) is 4.74 Å². The molecule has 2 atom stereocenters. The number of hydrogen-bond donors (Lipinski definition) is 0. The third-order valence-electron chi connectivity index (χ3n) is 3.22. The van der Waals surface area contributed by atoms with Crippen molar-refractivity contribution in [3.05, 3.63) is 59.9 Å². The Labute approximate surface area is 110 Å². The molecule has 7 heteroatoms. The average molecular weight is 289 g/mol. The second kappa shape index (κ2) is 3.82. The molecule has 106 valence electrons. The highest BCUT2D eigenvalue weighted by molar-refractivity contribution is 5.35. The van der Waals surface area contributed by atoms with Crippen molar-refractivity contribution in [2.75, 3.05) is 0 Å². The first-order valence-electron chi connectivity index (χ1n) is 5.69. The lowest BCUT2D eigenvalue weighted by Gasteiger charge is -2.31. The van der Waals surface area contributed by atoms with Gasteiger partial charge in [-0.3, -0.25) is 0 Å². The number of ether oxygens (including phenoxy) is 1. The Kier molecular flexibility index (Phi) is 2.50. The molecule has 3 rings (SSSR count). The molecule has 0 bridgehead atoms. The molecule has 1 aliphatic heterocycles. The number of alkyl halides is 4. The van der Waals surface area contributed by atoms with E-state index >= 15 is 0 Å². The van der Waals surface area contributed by atoms with E-state index in [4.69, 9.17) is 0 Å². The van der Waals surface area contributed by atoms with Gasteiger partial charge in [-0.1, -0.05) is 36.4 Å². The molecule has 0 aromatic heterocycles. The van der Waals surface area contributed by atoms with Gasteiger partial charge in [0, 0.05) is 5.56 Å². The number of fused-ring (bicyclic) bond motifs is 1. The van der Waals surface area contributed by atoms with Crippen LogP contribution in [0.2, 0.25) is 0 Å². The zero-order valence-corrected chi connectivity index (χ0v) is 9.86. The lowest BCUT2D eigenvalue weighted by Crippen LogP contribution is -2.54. The summed E-state index contributed by atoms with van der Waals surface area (Å²) in [6, 6.07) is 6.44. The van der Waals surface area contributed by atoms with Crippen LogP contribution >= 0.6 is 0 Å². The monoisotopic (exact) mass is 289 g/mol. The minimum atomic E-state index is -4.26. The van der Waals surface area contributed by atoms with Crippen molar-refractivity contribution in [3.63, 3.8) is 0 Å². The second-order valence-electron chi connectivity index (χ2n) is 4.45. The van der Waals surface area contributed by atoms with E-state index in [-0.39, 0.29) is 6.08 Å². The molecule has 2 aliphatic rings. The van der Waals surface area contributed by atoms with Crippen molar-refractivity contribution in [3.8, 4) is 0 Å². The Morgan fingerprint density at radius 1 is 1.00 bits per heavy atom. The highest BCUT2D eigenvalue weighted by atomic mass is 19.3. The fourth-order valence-electron chi connectivity index (χ4n) is 2.17. The van der Waals surface area contributed by atoms with E-state index in [1.165, 1.54) is 18.2 Å². The van der Waals surface area contributed by atoms with Crippen molar-refractivity contribution in [2.24, 2.45) is 0 Å². The molecule has 0 amide bonds. The van der Waals surface area contributed by atoms with Gasteiger partial charge in [0.15, 0.2) is 5.76 Å². The molecule has 0 spiro atoms. The highest BCUT2D eigenvalue weighted by Gasteiger charge is 2.75. The van der Waals surface area contributed by atoms with Gasteiger partial charge in [0.2, 0.25) is 0 Å². The van der Waals surface area contributed by atoms with Gasteiger partial charge in [0.25, 0.3) is 0 Å². The average Bonchev–Trinajstić information content (AvgIpc) is 2.64. The van der Waals surface area contributed by atoms with Gasteiger partial charge in [-0.2, -0.15) is 13.2 Å². The summed E-state index contributed by atoms with van der Waals surface area (Å²) in [4.78, 5) is 0. The number of nitrogens with zero attached hydrogens (tertiary/aromatic N) is 1. The molecular weight excluding hydrogens is 281 g/mol. The first kappa shape index (κ1) is 13.1. The molecule has 2 nitrogen and oxygen atoms in total. The minimum absolute atomic E-state index is 0.156. The molecule has 0 radical (unpaired) electrons. The smallest absolute Gasteiger partial charge is 0.367 e. The van der Waals surface area contributed by atoms with Gasteiger partial charge >= 0.3 is 17.7 Å². The fourth-order valence-corrected chi connectivity index (χ4v) is 2.17. The van der Waals surface area contributed by atoms with Crippen LogP contribution in [-0.2, 0) is 10.7 Å². The number of allylic oxidation sites excluding steroid dienone is 2. The Hall–Kier alpha value is -1.89. The summed E-state index contributed by atoms with van der Waals surface area (Å²) in [6.07, 6.45) is 1.72. The Balaban J connectivity index is 2.13. The molecular formula is C13H8F5NO. The molecule has 0 N–H and O–H groups in total. The summed E-state index contributed by atoms with van der Waals surface area (Å²) in [5, 5.41) is -1.22. The van der Waals surface area contributed by atoms with Gasteiger partial charge in [-0.25, -0.2) is 4.39 Å². The van der Waals surface area contributed by atoms with Gasteiger partial charge in [-0.05, 0) is 17.3 Å². The second-order valence-corrected chi connectivity index (χ2v) is 4.45. The summed E-state index contributed by atoms with van der Waals surface area (Å²) >= 11 is 0. The fraction of sp³-hybridized carbons (Fsp3) is 0.231. The highest BCUT2D eigenvalue weighted by Crippen LogP contribution is 2.57. The molecule has 1 aliphatic carbocycles. The summed E-state index contributed by atoms with van der Waals surface area (Å²) in [5.74, 6) is -12.8. The van der Waals surface area contributed by atoms with E-state index in [9.17, 15) is 22.0 Å². The lowest BCUT2D eigenvalue weighted by atomic mass is 10.00. The predicted octanol–water partition coefficient (Wildman–Crippen LogP) is 3.74. The lowest BCUT2D eigenvalue weighted by molar-refractivity contribution is -0.317. The van der Waals surface area contributed by atoms with E-state index in [1.54, 1.807) is 0 Å². The van der Waals surface area contributed by atoms with Crippen LogP contribution in [0.3, 0.4) is 0 Å². The maximum atomic E-state index is 14.6. The topological polar surface area (TPSA) is 12.5 Å². The van der Waals surface area contributed by atoms with E-state index < -0.39 is 34.1 Å². The standard InChI is InChI=1S/C13H8F5NO/c14-11(15)8-4-7-10-12(11,16)19(18)13(17,20-10)9-5-2-1-3-6-9/h1-8H. The number of rotatable bonds is 1. The zero-order valence-electron chi connectivity index (χ0n) is 9.86. The van der Waals surface area contributed by atoms with Crippen LogP contribution in [0.1, 0.15) is 5.56 Å². The molecule has 20 heavy (non-hydrogen) atoms. The summed E-state index contributed by atoms with van der Waals surface area (Å²) in [7, 11) is 0. The van der Waals surface area contributed by atoms with Crippen molar-refractivity contribution >= 4 is 0 Å². The van der Waals surface area contributed by atoms with Crippen molar-refractivity contribution in [1.82, 2.24) is 5.12 Å². The molecule has 1 fully saturated rings. The van der Waals surface area contributed by atoms with Crippen molar-refractivity contribution in [1.29, 1.82) is 0 Å². The van der Waals surface area contributed by atoms with E-state index in [0.29, 0.717) is 0 Å². The number of halogens is 5. The van der Waals surface area contributed by atoms with Crippen LogP contribution < -0.4 is 0 Å². The Bertz CT molecular complexity index is 602. The minimum Gasteiger partial charge on any atom is -0.439 e. The summed E-state index contributed by atoms with van der Waals surface area (Å²) in [6.45, 7) is 0. The van der Waals surface area contributed by atoms with Crippen molar-refractivity contribution in [2.45, 2.75) is 17.7 Å². The van der Waals surface area contributed by atoms with E-state index in [1.807, 2.05) is 0 Å². The summed E-state index contributed by atoms with van der Waals surface area (Å²) < 4.78 is 74.9. The largest absolute Gasteiger partial charge is 0.439 e. The third kappa shape index (κ3) is 1.41. The van der Waals surface area contributed by atoms with Crippen LogP contribution in [0.5, 0.6) is 0 Å². The summed E-state index contributed by atoms with van der Waals surface area (Å²) in [5.41, 5.74) is -0.425. The molecule has 1 aromatic rings. The molecule has 2 unspecified atom stereocenters. The SMILES string of the molecule is FN1C(F)(c2ccccc2)OC2=CC=CC(F)(F)C21F. The maximum absolute atomic E-state index is 14.6. The van der Waals surface area contributed by atoms with E-state index in [0.717, 1.165) is 24.3 Å². The Morgan fingerprint density at radius 2 is 1.65 bits per heavy atom. The quantitative estimate of drug-likeness (QED) is 0.443. The first-order chi connectivity index (χ1) is 9.32. The first-order valence-corrected chi connectivity index (χ1v) is 5.69. The normalized spacial score (nSPS) is 35.4. The third-order valence-corrected chi connectivity index (χ3v) is 3.22. The van der Waals surface area contributed by atoms with Gasteiger partial charge in [0.05, 0.1) is 0 Å². The molecule has 1 saturated heterocycles. The zero-order chi connectivity index (χ0) is 14.6. The van der Waals surface area contributed by atoms with Crippen LogP contribution in [0.4, 0.5) is 22.0 Å². The molecule has 0 saturated carbocycles. The van der Waals surface area contributed by atoms with Gasteiger partial charge < -0.3 is 4.74 Å². The van der Waals surface area contributed by atoms with Gasteiger partial charge in [0.1, 0.15) is 0 Å². The van der Waals surface area contributed by atoms with Crippen molar-refractivity contribution < 1.29 is 26.8 Å². The van der Waals surface area contributed by atoms with Crippen LogP contribution in [0.15, 0.2) is 54.3 Å². The number of hydrogen-bond acceptors (Lipinski definition) is 2. The molecule has 1 aromatic carbocycles. The number of benzene rings is 1. The van der Waals surface area contributed by atoms with Crippen LogP contribution in [0, 0.1) is 0 Å². The maximum Gasteiger partial charge on any atom is 0.367 e. The Morgan fingerprint density at radius 3 is 2.25 bits per heavy atom.